The Kier molecular flexibility index (Phi) is 9.20. The fourth-order valence-corrected chi connectivity index (χ4v) is 3.97. The summed E-state index contributed by atoms with van der Waals surface area (Å²) in [5, 5.41) is 7.68. The van der Waals surface area contributed by atoms with Gasteiger partial charge in [-0.25, -0.2) is 4.39 Å². The van der Waals surface area contributed by atoms with E-state index in [0.29, 0.717) is 12.3 Å². The first kappa shape index (κ1) is 23.1. The van der Waals surface area contributed by atoms with Crippen LogP contribution in [0.2, 0.25) is 0 Å². The summed E-state index contributed by atoms with van der Waals surface area (Å²) in [4.78, 5) is 6.74. The Bertz CT molecular complexity index is 795. The summed E-state index contributed by atoms with van der Waals surface area (Å²) in [5.74, 6) is 1.43. The number of benzene rings is 1. The molecule has 0 amide bonds. The summed E-state index contributed by atoms with van der Waals surface area (Å²) >= 11 is 3.29. The fraction of sp³-hybridized carbons (Fsp3) is 0.500. The molecule has 1 unspecified atom stereocenters. The number of nitrogens with zero attached hydrogens (tertiary/aromatic N) is 4. The van der Waals surface area contributed by atoms with Gasteiger partial charge >= 0.3 is 0 Å². The maximum atomic E-state index is 13.9. The highest BCUT2D eigenvalue weighted by atomic mass is 127. The zero-order valence-electron chi connectivity index (χ0n) is 16.4. The van der Waals surface area contributed by atoms with E-state index in [1.165, 1.54) is 18.1 Å². The van der Waals surface area contributed by atoms with Crippen LogP contribution in [-0.4, -0.2) is 47.3 Å². The van der Waals surface area contributed by atoms with E-state index < -0.39 is 0 Å². The van der Waals surface area contributed by atoms with E-state index in [4.69, 9.17) is 0 Å². The maximum Gasteiger partial charge on any atom is 0.193 e. The summed E-state index contributed by atoms with van der Waals surface area (Å²) in [6.07, 6.45) is 7.86. The third-order valence-corrected chi connectivity index (χ3v) is 5.49. The summed E-state index contributed by atoms with van der Waals surface area (Å²) in [6, 6.07) is 5.25. The molecule has 1 aromatic heterocycles. The molecule has 28 heavy (non-hydrogen) atoms. The van der Waals surface area contributed by atoms with Crippen LogP contribution in [0.4, 0.5) is 4.39 Å². The lowest BCUT2D eigenvalue weighted by atomic mass is 10.0. The molecule has 0 saturated carbocycles. The molecule has 0 bridgehead atoms. The number of hydrogen-bond donors (Lipinski definition) is 1. The normalized spacial score (nSPS) is 16.9. The van der Waals surface area contributed by atoms with Crippen LogP contribution in [0.5, 0.6) is 0 Å². The van der Waals surface area contributed by atoms with Crippen molar-refractivity contribution in [1.29, 1.82) is 0 Å². The van der Waals surface area contributed by atoms with E-state index >= 15 is 0 Å². The van der Waals surface area contributed by atoms with Gasteiger partial charge in [-0.15, -0.1) is 24.0 Å². The van der Waals surface area contributed by atoms with Crippen LogP contribution in [0, 0.1) is 11.7 Å². The first-order valence-electron chi connectivity index (χ1n) is 9.42. The second-order valence-electron chi connectivity index (χ2n) is 7.14. The molecule has 1 N–H and O–H groups in total. The van der Waals surface area contributed by atoms with Crippen molar-refractivity contribution in [3.8, 4) is 0 Å². The standard InChI is InChI=1S/C20H27BrFN5.HI/c1-23-20(24-8-3-4-17-5-6-18(21)11-19(17)22)27-9-7-15(14-27)10-16-12-25-26(2)13-16;/h5-6,11-13,15H,3-4,7-10,14H2,1-2H3,(H,23,24);1H. The number of nitrogens with one attached hydrogen (secondary N) is 1. The Balaban J connectivity index is 0.00000280. The van der Waals surface area contributed by atoms with E-state index in [0.717, 1.165) is 48.5 Å². The zero-order valence-corrected chi connectivity index (χ0v) is 20.3. The molecule has 1 saturated heterocycles. The molecular weight excluding hydrogens is 536 g/mol. The number of aromatic nitrogens is 2. The summed E-state index contributed by atoms with van der Waals surface area (Å²) in [5.41, 5.74) is 2.05. The number of likely N-dealkylation sites (tertiary alicyclic amines) is 1. The topological polar surface area (TPSA) is 45.5 Å². The molecule has 3 rings (SSSR count). The van der Waals surface area contributed by atoms with Gasteiger partial charge in [-0.2, -0.15) is 5.10 Å². The highest BCUT2D eigenvalue weighted by Gasteiger charge is 2.25. The molecule has 0 spiro atoms. The minimum absolute atomic E-state index is 0. The number of hydrogen-bond acceptors (Lipinski definition) is 2. The van der Waals surface area contributed by atoms with Gasteiger partial charge in [0.25, 0.3) is 0 Å². The van der Waals surface area contributed by atoms with Crippen molar-refractivity contribution < 1.29 is 4.39 Å². The fourth-order valence-electron chi connectivity index (χ4n) is 3.64. The molecule has 1 atom stereocenters. The van der Waals surface area contributed by atoms with Crippen molar-refractivity contribution in [3.05, 3.63) is 52.0 Å². The minimum atomic E-state index is -0.147. The van der Waals surface area contributed by atoms with Crippen LogP contribution in [0.25, 0.3) is 0 Å². The van der Waals surface area contributed by atoms with E-state index in [1.54, 1.807) is 0 Å². The predicted molar refractivity (Wildman–Crippen MR) is 126 cm³/mol. The Morgan fingerprint density at radius 2 is 2.25 bits per heavy atom. The Hall–Kier alpha value is -1.16. The first-order valence-corrected chi connectivity index (χ1v) is 10.2. The highest BCUT2D eigenvalue weighted by Crippen LogP contribution is 2.21. The van der Waals surface area contributed by atoms with Gasteiger partial charge in [0, 0.05) is 44.4 Å². The molecule has 2 heterocycles. The van der Waals surface area contributed by atoms with Crippen LogP contribution in [-0.2, 0) is 19.9 Å². The molecule has 1 aromatic carbocycles. The summed E-state index contributed by atoms with van der Waals surface area (Å²) in [7, 11) is 3.78. The monoisotopic (exact) mass is 563 g/mol. The van der Waals surface area contributed by atoms with Gasteiger partial charge in [0.05, 0.1) is 6.20 Å². The van der Waals surface area contributed by atoms with Crippen molar-refractivity contribution in [2.24, 2.45) is 18.0 Å². The first-order chi connectivity index (χ1) is 13.0. The number of guanidine groups is 1. The predicted octanol–water partition coefficient (Wildman–Crippen LogP) is 4.01. The van der Waals surface area contributed by atoms with Gasteiger partial charge in [0.2, 0.25) is 0 Å². The SMILES string of the molecule is CN=C(NCCCc1ccc(Br)cc1F)N1CCC(Cc2cnn(C)c2)C1.I. The van der Waals surface area contributed by atoms with Crippen molar-refractivity contribution in [2.75, 3.05) is 26.7 Å². The van der Waals surface area contributed by atoms with Crippen LogP contribution >= 0.6 is 39.9 Å². The van der Waals surface area contributed by atoms with E-state index in [-0.39, 0.29) is 29.8 Å². The van der Waals surface area contributed by atoms with Gasteiger partial charge in [-0.3, -0.25) is 9.67 Å². The largest absolute Gasteiger partial charge is 0.356 e. The molecule has 2 aromatic rings. The minimum Gasteiger partial charge on any atom is -0.356 e. The highest BCUT2D eigenvalue weighted by molar-refractivity contribution is 14.0. The van der Waals surface area contributed by atoms with Crippen LogP contribution in [0.3, 0.4) is 0 Å². The maximum absolute atomic E-state index is 13.9. The van der Waals surface area contributed by atoms with Crippen LogP contribution < -0.4 is 5.32 Å². The summed E-state index contributed by atoms with van der Waals surface area (Å²) < 4.78 is 16.5. The smallest absolute Gasteiger partial charge is 0.193 e. The lowest BCUT2D eigenvalue weighted by molar-refractivity contribution is 0.459. The lowest BCUT2D eigenvalue weighted by Crippen LogP contribution is -2.40. The average Bonchev–Trinajstić information content (AvgIpc) is 3.26. The lowest BCUT2D eigenvalue weighted by Gasteiger charge is -2.21. The average molecular weight is 564 g/mol. The third kappa shape index (κ3) is 6.43. The van der Waals surface area contributed by atoms with Gasteiger partial charge in [0.1, 0.15) is 5.82 Å². The number of aryl methyl sites for hydroxylation is 2. The Morgan fingerprint density at radius 3 is 2.93 bits per heavy atom. The van der Waals surface area contributed by atoms with Crippen molar-refractivity contribution in [2.45, 2.75) is 25.7 Å². The Morgan fingerprint density at radius 1 is 1.43 bits per heavy atom. The van der Waals surface area contributed by atoms with Gasteiger partial charge in [-0.1, -0.05) is 22.0 Å². The molecule has 1 fully saturated rings. The molecule has 154 valence electrons. The molecule has 0 radical (unpaired) electrons. The number of rotatable bonds is 6. The second kappa shape index (κ2) is 11.1. The molecule has 8 heteroatoms. The molecule has 0 aliphatic carbocycles. The third-order valence-electron chi connectivity index (χ3n) is 5.00. The molecule has 5 nitrogen and oxygen atoms in total. The van der Waals surface area contributed by atoms with Gasteiger partial charge < -0.3 is 10.2 Å². The molecule has 1 aliphatic rings. The second-order valence-corrected chi connectivity index (χ2v) is 8.06. The van der Waals surface area contributed by atoms with Crippen molar-refractivity contribution in [3.63, 3.8) is 0 Å². The van der Waals surface area contributed by atoms with E-state index in [2.05, 4.69) is 42.4 Å². The van der Waals surface area contributed by atoms with Gasteiger partial charge in [-0.05, 0) is 54.9 Å². The van der Waals surface area contributed by atoms with Crippen LogP contribution in [0.15, 0.2) is 40.1 Å². The number of aliphatic imine (C=N–C) groups is 1. The van der Waals surface area contributed by atoms with Crippen molar-refractivity contribution >= 4 is 45.9 Å². The van der Waals surface area contributed by atoms with Gasteiger partial charge in [0.15, 0.2) is 5.96 Å². The molecular formula is C20H28BrFIN5. The van der Waals surface area contributed by atoms with E-state index in [9.17, 15) is 4.39 Å². The quantitative estimate of drug-likeness (QED) is 0.250. The van der Waals surface area contributed by atoms with Crippen molar-refractivity contribution in [1.82, 2.24) is 20.0 Å². The molecule has 1 aliphatic heterocycles. The number of halogens is 3. The zero-order chi connectivity index (χ0) is 19.2. The summed E-state index contributed by atoms with van der Waals surface area (Å²) in [6.45, 7) is 2.81. The van der Waals surface area contributed by atoms with E-state index in [1.807, 2.05) is 37.1 Å². The van der Waals surface area contributed by atoms with Crippen LogP contribution in [0.1, 0.15) is 24.0 Å². The Labute approximate surface area is 191 Å².